The van der Waals surface area contributed by atoms with Gasteiger partial charge in [-0.05, 0) is 126 Å². The van der Waals surface area contributed by atoms with Gasteiger partial charge in [0, 0.05) is 27.7 Å². The van der Waals surface area contributed by atoms with Crippen molar-refractivity contribution in [3.63, 3.8) is 0 Å². The fraction of sp³-hybridized carbons (Fsp3) is 0. The van der Waals surface area contributed by atoms with Crippen molar-refractivity contribution in [2.75, 3.05) is 4.90 Å². The molecule has 1 heterocycles. The maximum atomic E-state index is 6.49. The van der Waals surface area contributed by atoms with Crippen molar-refractivity contribution in [1.29, 1.82) is 0 Å². The minimum absolute atomic E-state index is 0.859. The molecule has 0 fully saturated rings. The van der Waals surface area contributed by atoms with Gasteiger partial charge in [-0.1, -0.05) is 182 Å². The van der Waals surface area contributed by atoms with Gasteiger partial charge in [-0.3, -0.25) is 0 Å². The Hall–Kier alpha value is -8.20. The van der Waals surface area contributed by atoms with E-state index in [2.05, 4.69) is 229 Å². The first-order valence-electron chi connectivity index (χ1n) is 21.2. The van der Waals surface area contributed by atoms with Crippen LogP contribution in [-0.4, -0.2) is 0 Å². The Kier molecular flexibility index (Phi) is 8.53. The second-order valence-corrected chi connectivity index (χ2v) is 16.1. The van der Waals surface area contributed by atoms with Crippen LogP contribution in [0.3, 0.4) is 0 Å². The molecule has 0 atom stereocenters. The lowest BCUT2D eigenvalue weighted by Crippen LogP contribution is -2.10. The number of furan rings is 1. The van der Waals surface area contributed by atoms with Crippen molar-refractivity contribution in [3.05, 3.63) is 237 Å². The molecule has 11 aromatic carbocycles. The molecular formula is C60H39NO. The second kappa shape index (κ2) is 14.8. The molecule has 0 amide bonds. The molecule has 0 radical (unpaired) electrons. The van der Waals surface area contributed by atoms with Crippen molar-refractivity contribution < 1.29 is 4.42 Å². The van der Waals surface area contributed by atoms with E-state index in [4.69, 9.17) is 4.42 Å². The summed E-state index contributed by atoms with van der Waals surface area (Å²) in [5, 5.41) is 11.0. The van der Waals surface area contributed by atoms with Crippen LogP contribution in [0.2, 0.25) is 0 Å². The quantitative estimate of drug-likeness (QED) is 0.150. The van der Waals surface area contributed by atoms with Crippen LogP contribution in [0.15, 0.2) is 241 Å². The van der Waals surface area contributed by atoms with E-state index in [0.29, 0.717) is 0 Å². The van der Waals surface area contributed by atoms with Crippen molar-refractivity contribution in [1.82, 2.24) is 0 Å². The highest BCUT2D eigenvalue weighted by atomic mass is 16.3. The zero-order valence-electron chi connectivity index (χ0n) is 33.9. The number of fused-ring (bicyclic) bond motifs is 7. The Morgan fingerprint density at radius 2 is 0.774 bits per heavy atom. The third kappa shape index (κ3) is 6.12. The molecule has 0 bridgehead atoms. The highest BCUT2D eigenvalue weighted by Crippen LogP contribution is 2.44. The molecule has 0 aliphatic rings. The van der Waals surface area contributed by atoms with Crippen LogP contribution in [0, 0.1) is 0 Å². The molecule has 1 aromatic heterocycles. The number of hydrogen-bond donors (Lipinski definition) is 0. The third-order valence-electron chi connectivity index (χ3n) is 12.4. The van der Waals surface area contributed by atoms with E-state index in [-0.39, 0.29) is 0 Å². The van der Waals surface area contributed by atoms with Gasteiger partial charge in [0.1, 0.15) is 11.3 Å². The molecule has 0 saturated heterocycles. The number of anilines is 3. The normalized spacial score (nSPS) is 11.5. The third-order valence-corrected chi connectivity index (χ3v) is 12.4. The highest BCUT2D eigenvalue weighted by molar-refractivity contribution is 6.15. The maximum Gasteiger partial charge on any atom is 0.136 e. The predicted octanol–water partition coefficient (Wildman–Crippen LogP) is 17.2. The smallest absolute Gasteiger partial charge is 0.136 e. The van der Waals surface area contributed by atoms with E-state index < -0.39 is 0 Å². The molecule has 0 aliphatic heterocycles. The lowest BCUT2D eigenvalue weighted by atomic mass is 9.93. The van der Waals surface area contributed by atoms with Gasteiger partial charge in [0.2, 0.25) is 0 Å². The number of nitrogens with zero attached hydrogens (tertiary/aromatic N) is 1. The van der Waals surface area contributed by atoms with Gasteiger partial charge in [-0.2, -0.15) is 0 Å². The van der Waals surface area contributed by atoms with Gasteiger partial charge in [0.25, 0.3) is 0 Å². The lowest BCUT2D eigenvalue weighted by Gasteiger charge is -2.28. The summed E-state index contributed by atoms with van der Waals surface area (Å²) < 4.78 is 6.49. The molecule has 0 aliphatic carbocycles. The van der Waals surface area contributed by atoms with Crippen LogP contribution in [0.4, 0.5) is 17.1 Å². The number of para-hydroxylation sites is 1. The first-order valence-corrected chi connectivity index (χ1v) is 21.2. The highest BCUT2D eigenvalue weighted by Gasteiger charge is 2.19. The molecule has 12 aromatic rings. The first-order chi connectivity index (χ1) is 30.7. The van der Waals surface area contributed by atoms with Gasteiger partial charge in [-0.25, -0.2) is 0 Å². The Bertz CT molecular complexity index is 3590. The van der Waals surface area contributed by atoms with Crippen LogP contribution >= 0.6 is 0 Å². The summed E-state index contributed by atoms with van der Waals surface area (Å²) in [7, 11) is 0. The summed E-state index contributed by atoms with van der Waals surface area (Å²) >= 11 is 0. The van der Waals surface area contributed by atoms with E-state index in [1.165, 1.54) is 54.2 Å². The standard InChI is InChI=1S/C60H39NO/c1-2-14-41(15-3-1)51-35-30-43(36-57(51)60-39-46-18-6-13-25-59(46)62-60)40-26-31-47(32-27-40)61(58-38-45-17-5-8-20-50(45)53-22-11-12-24-55(53)58)48-33-28-42(29-34-48)56-37-44-16-4-7-19-49(44)52-21-9-10-23-54(52)56/h1-39H. The SMILES string of the molecule is c1ccc(-c2ccc(-c3ccc(N(c4ccc(-c5cc6ccccc6c6ccccc56)cc4)c4cc5ccccc5c5ccccc45)cc3)cc2-c2cc3ccccc3o2)cc1. The minimum Gasteiger partial charge on any atom is -0.456 e. The first kappa shape index (κ1) is 35.7. The van der Waals surface area contributed by atoms with E-state index in [0.717, 1.165) is 61.6 Å². The molecule has 290 valence electrons. The largest absolute Gasteiger partial charge is 0.456 e. The summed E-state index contributed by atoms with van der Waals surface area (Å²) in [5.74, 6) is 0.859. The van der Waals surface area contributed by atoms with E-state index in [9.17, 15) is 0 Å². The Morgan fingerprint density at radius 3 is 1.45 bits per heavy atom. The summed E-state index contributed by atoms with van der Waals surface area (Å²) in [6.45, 7) is 0. The lowest BCUT2D eigenvalue weighted by molar-refractivity contribution is 0.632. The zero-order chi connectivity index (χ0) is 41.0. The second-order valence-electron chi connectivity index (χ2n) is 16.1. The fourth-order valence-corrected chi connectivity index (χ4v) is 9.44. The summed E-state index contributed by atoms with van der Waals surface area (Å²) in [4.78, 5) is 2.42. The fourth-order valence-electron chi connectivity index (χ4n) is 9.44. The van der Waals surface area contributed by atoms with Gasteiger partial charge in [0.15, 0.2) is 0 Å². The molecule has 0 unspecified atom stereocenters. The van der Waals surface area contributed by atoms with Crippen molar-refractivity contribution >= 4 is 71.1 Å². The topological polar surface area (TPSA) is 16.4 Å². The minimum atomic E-state index is 0.859. The zero-order valence-corrected chi connectivity index (χ0v) is 33.9. The van der Waals surface area contributed by atoms with Crippen LogP contribution in [-0.2, 0) is 0 Å². The number of benzene rings is 11. The average molecular weight is 790 g/mol. The Balaban J connectivity index is 0.996. The van der Waals surface area contributed by atoms with Gasteiger partial charge >= 0.3 is 0 Å². The van der Waals surface area contributed by atoms with Gasteiger partial charge in [-0.15, -0.1) is 0 Å². The number of hydrogen-bond acceptors (Lipinski definition) is 2. The van der Waals surface area contributed by atoms with Crippen LogP contribution in [0.1, 0.15) is 0 Å². The summed E-state index contributed by atoms with van der Waals surface area (Å²) in [5.41, 5.74) is 12.2. The van der Waals surface area contributed by atoms with Crippen LogP contribution < -0.4 is 4.90 Å². The monoisotopic (exact) mass is 789 g/mol. The maximum absolute atomic E-state index is 6.49. The van der Waals surface area contributed by atoms with Gasteiger partial charge < -0.3 is 9.32 Å². The van der Waals surface area contributed by atoms with Gasteiger partial charge in [0.05, 0.1) is 5.69 Å². The molecule has 2 heteroatoms. The molecule has 12 rings (SSSR count). The molecular weight excluding hydrogens is 751 g/mol. The molecule has 0 saturated carbocycles. The Morgan fingerprint density at radius 1 is 0.274 bits per heavy atom. The van der Waals surface area contributed by atoms with Crippen molar-refractivity contribution in [2.45, 2.75) is 0 Å². The average Bonchev–Trinajstić information content (AvgIpc) is 3.79. The van der Waals surface area contributed by atoms with E-state index in [1.54, 1.807) is 0 Å². The van der Waals surface area contributed by atoms with Crippen LogP contribution in [0.5, 0.6) is 0 Å². The molecule has 2 nitrogen and oxygen atoms in total. The van der Waals surface area contributed by atoms with Crippen molar-refractivity contribution in [2.24, 2.45) is 0 Å². The molecule has 0 N–H and O–H groups in total. The molecule has 62 heavy (non-hydrogen) atoms. The van der Waals surface area contributed by atoms with E-state index in [1.807, 2.05) is 12.1 Å². The van der Waals surface area contributed by atoms with Crippen LogP contribution in [0.25, 0.3) is 98.8 Å². The summed E-state index contributed by atoms with van der Waals surface area (Å²) in [6, 6.07) is 85.5. The Labute approximate surface area is 360 Å². The molecule has 0 spiro atoms. The predicted molar refractivity (Wildman–Crippen MR) is 263 cm³/mol. The summed E-state index contributed by atoms with van der Waals surface area (Å²) in [6.07, 6.45) is 0. The van der Waals surface area contributed by atoms with Crippen molar-refractivity contribution in [3.8, 4) is 44.7 Å². The number of rotatable bonds is 7. The van der Waals surface area contributed by atoms with E-state index >= 15 is 0 Å².